The van der Waals surface area contributed by atoms with Gasteiger partial charge in [0.2, 0.25) is 0 Å². The third-order valence-electron chi connectivity index (χ3n) is 10.9. The van der Waals surface area contributed by atoms with Gasteiger partial charge in [-0.2, -0.15) is 0 Å². The molecule has 0 aliphatic heterocycles. The molecule has 1 saturated carbocycles. The second-order valence-electron chi connectivity index (χ2n) is 14.4. The molecule has 2 amide bonds. The summed E-state index contributed by atoms with van der Waals surface area (Å²) in [6.45, 7) is 2.25. The Balaban J connectivity index is 1.14. The Hall–Kier alpha value is -4.94. The Morgan fingerprint density at radius 3 is 1.84 bits per heavy atom. The van der Waals surface area contributed by atoms with Gasteiger partial charge in [0.25, 0.3) is 11.8 Å². The average molecular weight is 859 g/mol. The Kier molecular flexibility index (Phi) is 11.5. The normalized spacial score (nSPS) is 15.5. The quantitative estimate of drug-likeness (QED) is 0.137. The molecule has 7 aromatic rings. The molecule has 0 saturated heterocycles. The molecular weight excluding hydrogens is 823 g/mol. The molecule has 8 rings (SSSR count). The van der Waals surface area contributed by atoms with E-state index in [2.05, 4.69) is 4.98 Å². The van der Waals surface area contributed by atoms with Gasteiger partial charge in [-0.05, 0) is 97.3 Å². The van der Waals surface area contributed by atoms with Crippen LogP contribution in [0.2, 0.25) is 10.0 Å². The van der Waals surface area contributed by atoms with Crippen molar-refractivity contribution >= 4 is 77.9 Å². The summed E-state index contributed by atoms with van der Waals surface area (Å²) in [5.41, 5.74) is 4.28. The van der Waals surface area contributed by atoms with Crippen molar-refractivity contribution in [2.45, 2.75) is 57.8 Å². The fraction of sp³-hybridized carbons (Fsp3) is 0.222. The van der Waals surface area contributed by atoms with Crippen molar-refractivity contribution in [2.75, 3.05) is 7.11 Å². The first-order chi connectivity index (χ1) is 28.0. The number of fused-ring (bicyclic) bond motifs is 2. The number of halogens is 5. The molecule has 3 aromatic heterocycles. The van der Waals surface area contributed by atoms with Gasteiger partial charge in [-0.15, -0.1) is 22.7 Å². The second kappa shape index (κ2) is 16.7. The predicted molar refractivity (Wildman–Crippen MR) is 227 cm³/mol. The lowest BCUT2D eigenvalue weighted by Crippen LogP contribution is -2.47. The molecule has 0 bridgehead atoms. The van der Waals surface area contributed by atoms with E-state index in [1.54, 1.807) is 35.4 Å². The van der Waals surface area contributed by atoms with Crippen molar-refractivity contribution < 1.29 is 27.5 Å². The van der Waals surface area contributed by atoms with Gasteiger partial charge in [0, 0.05) is 48.5 Å². The van der Waals surface area contributed by atoms with Crippen molar-refractivity contribution in [3.63, 3.8) is 0 Å². The van der Waals surface area contributed by atoms with Crippen LogP contribution in [-0.2, 0) is 13.1 Å². The van der Waals surface area contributed by atoms with Gasteiger partial charge in [-0.25, -0.2) is 13.2 Å². The Morgan fingerprint density at radius 1 is 0.707 bits per heavy atom. The number of hydrogen-bond acceptors (Lipinski definition) is 6. The molecule has 1 aliphatic rings. The van der Waals surface area contributed by atoms with Gasteiger partial charge >= 0.3 is 0 Å². The first kappa shape index (κ1) is 39.9. The Morgan fingerprint density at radius 2 is 1.26 bits per heavy atom. The number of benzene rings is 4. The van der Waals surface area contributed by atoms with Crippen molar-refractivity contribution in [3.05, 3.63) is 151 Å². The molecule has 0 radical (unpaired) electrons. The van der Waals surface area contributed by atoms with Crippen LogP contribution >= 0.6 is 45.9 Å². The lowest BCUT2D eigenvalue weighted by molar-refractivity contribution is 0.0460. The summed E-state index contributed by atoms with van der Waals surface area (Å²) in [4.78, 5) is 37.4. The third-order valence-corrected chi connectivity index (χ3v) is 14.3. The highest BCUT2D eigenvalue weighted by molar-refractivity contribution is 7.22. The minimum absolute atomic E-state index is 0.00993. The smallest absolute Gasteiger partial charge is 0.266 e. The minimum Gasteiger partial charge on any atom is -0.496 e. The summed E-state index contributed by atoms with van der Waals surface area (Å²) in [6, 6.07) is 23.6. The highest BCUT2D eigenvalue weighted by atomic mass is 35.5. The summed E-state index contributed by atoms with van der Waals surface area (Å²) in [6.07, 6.45) is 5.49. The summed E-state index contributed by atoms with van der Waals surface area (Å²) in [7, 11) is 1.58. The number of methoxy groups -OCH3 is 1. The number of hydrogen-bond donors (Lipinski definition) is 0. The van der Waals surface area contributed by atoms with Gasteiger partial charge < -0.3 is 14.5 Å². The Labute approximate surface area is 351 Å². The topological polar surface area (TPSA) is 62.7 Å². The maximum Gasteiger partial charge on any atom is 0.266 e. The predicted octanol–water partition coefficient (Wildman–Crippen LogP) is 12.5. The first-order valence-corrected chi connectivity index (χ1v) is 21.1. The van der Waals surface area contributed by atoms with Crippen molar-refractivity contribution in [2.24, 2.45) is 0 Å². The minimum atomic E-state index is -0.698. The number of rotatable bonds is 10. The molecule has 296 valence electrons. The largest absolute Gasteiger partial charge is 0.496 e. The highest BCUT2D eigenvalue weighted by Crippen LogP contribution is 2.43. The van der Waals surface area contributed by atoms with Crippen LogP contribution < -0.4 is 4.74 Å². The molecule has 13 heteroatoms. The lowest BCUT2D eigenvalue weighted by atomic mass is 9.88. The molecule has 0 unspecified atom stereocenters. The van der Waals surface area contributed by atoms with Crippen LogP contribution in [0.4, 0.5) is 13.2 Å². The maximum atomic E-state index is 15.1. The lowest BCUT2D eigenvalue weighted by Gasteiger charge is -2.41. The van der Waals surface area contributed by atoms with E-state index in [-0.39, 0.29) is 61.0 Å². The van der Waals surface area contributed by atoms with Gasteiger partial charge in [-0.1, -0.05) is 65.7 Å². The number of amides is 2. The SMILES string of the molecule is COc1ccc(-c2ccncc2)cc1CN(C(=O)c1sc2c(F)ccc(C)c2c1Cl)[C@H]1CC[C@H](N(Cc2ccccc2)C(=O)c2sc3c(F)ccc(F)c3c2Cl)CC1. The van der Waals surface area contributed by atoms with Crippen LogP contribution in [0.5, 0.6) is 5.75 Å². The van der Waals surface area contributed by atoms with E-state index in [9.17, 15) is 18.4 Å². The first-order valence-electron chi connectivity index (χ1n) is 18.7. The van der Waals surface area contributed by atoms with Gasteiger partial charge in [0.1, 0.15) is 33.0 Å². The molecule has 0 spiro atoms. The van der Waals surface area contributed by atoms with Crippen LogP contribution in [-0.4, -0.2) is 45.8 Å². The molecule has 3 heterocycles. The molecule has 1 aliphatic carbocycles. The zero-order valence-electron chi connectivity index (χ0n) is 31.4. The molecule has 58 heavy (non-hydrogen) atoms. The van der Waals surface area contributed by atoms with Crippen LogP contribution in [0.25, 0.3) is 31.3 Å². The van der Waals surface area contributed by atoms with Crippen LogP contribution in [0.15, 0.2) is 97.3 Å². The van der Waals surface area contributed by atoms with E-state index in [0.717, 1.165) is 62.6 Å². The molecule has 6 nitrogen and oxygen atoms in total. The average Bonchev–Trinajstić information content (AvgIpc) is 3.80. The van der Waals surface area contributed by atoms with Gasteiger partial charge in [-0.3, -0.25) is 14.6 Å². The molecular formula is C45H36Cl2F3N3O3S2. The zero-order valence-corrected chi connectivity index (χ0v) is 34.6. The monoisotopic (exact) mass is 857 g/mol. The zero-order chi connectivity index (χ0) is 40.7. The number of thiophene rings is 2. The fourth-order valence-electron chi connectivity index (χ4n) is 7.93. The number of ether oxygens (including phenoxy) is 1. The summed E-state index contributed by atoms with van der Waals surface area (Å²) in [5.74, 6) is -1.95. The van der Waals surface area contributed by atoms with Crippen molar-refractivity contribution in [3.8, 4) is 16.9 Å². The summed E-state index contributed by atoms with van der Waals surface area (Å²) >= 11 is 15.5. The van der Waals surface area contributed by atoms with Crippen molar-refractivity contribution in [1.82, 2.24) is 14.8 Å². The van der Waals surface area contributed by atoms with E-state index in [1.165, 1.54) is 6.07 Å². The number of carbonyl (C=O) groups is 2. The van der Waals surface area contributed by atoms with E-state index >= 15 is 4.39 Å². The molecule has 0 atom stereocenters. The molecule has 0 N–H and O–H groups in total. The second-order valence-corrected chi connectivity index (χ2v) is 17.2. The van der Waals surface area contributed by atoms with Gasteiger partial charge in [0.15, 0.2) is 0 Å². The van der Waals surface area contributed by atoms with Crippen LogP contribution in [0, 0.1) is 24.4 Å². The van der Waals surface area contributed by atoms with Crippen LogP contribution in [0.3, 0.4) is 0 Å². The summed E-state index contributed by atoms with van der Waals surface area (Å²) < 4.78 is 51.0. The highest BCUT2D eigenvalue weighted by Gasteiger charge is 2.37. The molecule has 4 aromatic carbocycles. The fourth-order valence-corrected chi connectivity index (χ4v) is 11.1. The van der Waals surface area contributed by atoms with E-state index in [4.69, 9.17) is 27.9 Å². The van der Waals surface area contributed by atoms with E-state index < -0.39 is 23.4 Å². The number of aromatic nitrogens is 1. The number of aryl methyl sites for hydroxylation is 1. The van der Waals surface area contributed by atoms with Gasteiger partial charge in [0.05, 0.1) is 31.9 Å². The third kappa shape index (κ3) is 7.56. The Bertz CT molecular complexity index is 2670. The number of nitrogens with zero attached hydrogens (tertiary/aromatic N) is 3. The van der Waals surface area contributed by atoms with Crippen LogP contribution in [0.1, 0.15) is 61.7 Å². The number of carbonyl (C=O) groups excluding carboxylic acids is 2. The maximum absolute atomic E-state index is 15.1. The summed E-state index contributed by atoms with van der Waals surface area (Å²) in [5, 5.41) is 0.517. The number of pyridine rings is 1. The molecule has 1 fully saturated rings. The van der Waals surface area contributed by atoms with E-state index in [1.807, 2.05) is 67.6 Å². The van der Waals surface area contributed by atoms with E-state index in [0.29, 0.717) is 41.5 Å². The standard InChI is InChI=1S/C45H36Cl2F3N3O3S2/c1-25-8-14-33(49)40-36(25)38(46)42(57-40)45(55)53(24-29-22-28(9-17-35(29)56-2)27-18-20-51-21-19-27)31-12-10-30(11-13-31)52(23-26-6-4-3-5-7-26)44(54)43-39(47)37-32(48)15-16-34(50)41(37)58-43/h3-9,14-22,30-31H,10-13,23-24H2,1-2H3/t30-,31-. The van der Waals surface area contributed by atoms with Crippen molar-refractivity contribution in [1.29, 1.82) is 0 Å².